The maximum absolute atomic E-state index is 13.7. The minimum Gasteiger partial charge on any atom is -0.480 e. The zero-order chi connectivity index (χ0) is 23.2. The van der Waals surface area contributed by atoms with E-state index in [9.17, 15) is 23.1 Å². The number of carboxylic acids is 1. The van der Waals surface area contributed by atoms with Gasteiger partial charge >= 0.3 is 12.1 Å². The van der Waals surface area contributed by atoms with Crippen molar-refractivity contribution in [3.8, 4) is 11.5 Å². The Morgan fingerprint density at radius 1 is 1.19 bits per heavy atom. The Hall–Kier alpha value is -1.94. The van der Waals surface area contributed by atoms with E-state index in [1.54, 1.807) is 18.2 Å². The number of hydrogen-bond acceptors (Lipinski definition) is 5. The molecule has 0 aliphatic heterocycles. The second-order valence-corrected chi connectivity index (χ2v) is 8.65. The van der Waals surface area contributed by atoms with Crippen LogP contribution in [0.5, 0.6) is 11.5 Å². The number of alkyl halides is 3. The summed E-state index contributed by atoms with van der Waals surface area (Å²) in [7, 11) is 0. The first-order valence-electron chi connectivity index (χ1n) is 9.34. The molecule has 0 amide bonds. The second-order valence-electron chi connectivity index (χ2n) is 7.01. The number of carbonyl (C=O) groups is 1. The van der Waals surface area contributed by atoms with E-state index in [-0.39, 0.29) is 29.2 Å². The molecule has 2 aromatic carbocycles. The Labute approximate surface area is 187 Å². The topological polar surface area (TPSA) is 92.8 Å². The molecular weight excluding hydrogens is 455 g/mol. The summed E-state index contributed by atoms with van der Waals surface area (Å²) in [6, 6.07) is 9.08. The number of rotatable bonds is 10. The van der Waals surface area contributed by atoms with Crippen molar-refractivity contribution in [3.63, 3.8) is 0 Å². The monoisotopic (exact) mass is 477 g/mol. The van der Waals surface area contributed by atoms with E-state index in [4.69, 9.17) is 27.2 Å². The summed E-state index contributed by atoms with van der Waals surface area (Å²) in [6.07, 6.45) is -5.36. The standard InChI is InChI=1S/C21H23ClF3NO4S/c1-13-2-7-18(16(22)12-13)30-15-5-3-14(4-6-15)20(29,21(23,24)25)9-11-31-10-8-17(26)19(27)28/h2-7,12,17,29H,8-11,26H2,1H3,(H,27,28). The smallest absolute Gasteiger partial charge is 0.421 e. The summed E-state index contributed by atoms with van der Waals surface area (Å²) in [5.74, 6) is -0.287. The van der Waals surface area contributed by atoms with Gasteiger partial charge in [-0.25, -0.2) is 0 Å². The first-order valence-corrected chi connectivity index (χ1v) is 10.9. The van der Waals surface area contributed by atoms with E-state index in [0.717, 1.165) is 29.5 Å². The van der Waals surface area contributed by atoms with Gasteiger partial charge in [-0.05, 0) is 66.7 Å². The van der Waals surface area contributed by atoms with Gasteiger partial charge in [0.1, 0.15) is 17.5 Å². The van der Waals surface area contributed by atoms with Crippen LogP contribution in [0.25, 0.3) is 0 Å². The van der Waals surface area contributed by atoms with Crippen LogP contribution >= 0.6 is 23.4 Å². The fourth-order valence-corrected chi connectivity index (χ4v) is 4.06. The molecule has 0 saturated carbocycles. The van der Waals surface area contributed by atoms with Gasteiger partial charge in [0.25, 0.3) is 0 Å². The van der Waals surface area contributed by atoms with Gasteiger partial charge in [0.05, 0.1) is 5.02 Å². The molecule has 0 aliphatic carbocycles. The molecule has 10 heteroatoms. The van der Waals surface area contributed by atoms with Crippen LogP contribution in [0.2, 0.25) is 5.02 Å². The molecule has 0 radical (unpaired) electrons. The lowest BCUT2D eigenvalue weighted by Gasteiger charge is -2.31. The third-order valence-corrected chi connectivity index (χ3v) is 5.93. The number of carboxylic acid groups (broad SMARTS) is 1. The Balaban J connectivity index is 2.06. The summed E-state index contributed by atoms with van der Waals surface area (Å²) in [5, 5.41) is 19.5. The van der Waals surface area contributed by atoms with Crippen molar-refractivity contribution in [2.45, 2.75) is 37.6 Å². The number of aryl methyl sites for hydroxylation is 1. The van der Waals surface area contributed by atoms with Crippen LogP contribution in [-0.2, 0) is 10.4 Å². The van der Waals surface area contributed by atoms with E-state index in [1.165, 1.54) is 12.1 Å². The highest BCUT2D eigenvalue weighted by atomic mass is 35.5. The van der Waals surface area contributed by atoms with Gasteiger partial charge < -0.3 is 20.7 Å². The van der Waals surface area contributed by atoms with Crippen LogP contribution in [0.15, 0.2) is 42.5 Å². The van der Waals surface area contributed by atoms with Crippen molar-refractivity contribution >= 4 is 29.3 Å². The zero-order valence-corrected chi connectivity index (χ0v) is 18.2. The summed E-state index contributed by atoms with van der Waals surface area (Å²) in [4.78, 5) is 10.7. The minimum atomic E-state index is -4.90. The molecule has 2 unspecified atom stereocenters. The molecule has 2 aromatic rings. The SMILES string of the molecule is Cc1ccc(Oc2ccc(C(O)(CCSCCC(N)C(=O)O)C(F)(F)F)cc2)c(Cl)c1. The molecule has 4 N–H and O–H groups in total. The summed E-state index contributed by atoms with van der Waals surface area (Å²) in [6.45, 7) is 1.86. The van der Waals surface area contributed by atoms with Gasteiger partial charge in [-0.3, -0.25) is 4.79 Å². The number of aliphatic carboxylic acids is 1. The van der Waals surface area contributed by atoms with Crippen molar-refractivity contribution < 1.29 is 32.9 Å². The molecule has 0 aromatic heterocycles. The number of halogens is 4. The fourth-order valence-electron chi connectivity index (χ4n) is 2.72. The normalized spacial score (nSPS) is 14.7. The summed E-state index contributed by atoms with van der Waals surface area (Å²) < 4.78 is 46.6. The first kappa shape index (κ1) is 25.3. The van der Waals surface area contributed by atoms with Gasteiger partial charge in [-0.1, -0.05) is 29.8 Å². The highest BCUT2D eigenvalue weighted by Crippen LogP contribution is 2.43. The van der Waals surface area contributed by atoms with Crippen LogP contribution in [0.4, 0.5) is 13.2 Å². The van der Waals surface area contributed by atoms with Gasteiger partial charge in [0.2, 0.25) is 0 Å². The molecule has 0 bridgehead atoms. The molecule has 0 saturated heterocycles. The van der Waals surface area contributed by atoms with Crippen molar-refractivity contribution in [2.75, 3.05) is 11.5 Å². The first-order chi connectivity index (χ1) is 14.4. The van der Waals surface area contributed by atoms with E-state index >= 15 is 0 Å². The molecule has 2 rings (SSSR count). The number of benzene rings is 2. The maximum Gasteiger partial charge on any atom is 0.421 e. The second kappa shape index (κ2) is 10.6. The lowest BCUT2D eigenvalue weighted by molar-refractivity contribution is -0.267. The zero-order valence-electron chi connectivity index (χ0n) is 16.7. The molecule has 0 spiro atoms. The van der Waals surface area contributed by atoms with Crippen molar-refractivity contribution in [1.29, 1.82) is 0 Å². The quantitative estimate of drug-likeness (QED) is 0.411. The van der Waals surface area contributed by atoms with Gasteiger partial charge in [-0.2, -0.15) is 24.9 Å². The highest BCUT2D eigenvalue weighted by molar-refractivity contribution is 7.99. The minimum absolute atomic E-state index is 0.0282. The predicted octanol–water partition coefficient (Wildman–Crippen LogP) is 5.12. The molecule has 0 heterocycles. The molecular formula is C21H23ClF3NO4S. The Morgan fingerprint density at radius 2 is 1.84 bits per heavy atom. The van der Waals surface area contributed by atoms with Crippen LogP contribution in [0.3, 0.4) is 0 Å². The van der Waals surface area contributed by atoms with Crippen molar-refractivity contribution in [2.24, 2.45) is 5.73 Å². The predicted molar refractivity (Wildman–Crippen MR) is 115 cm³/mol. The molecule has 5 nitrogen and oxygen atoms in total. The number of ether oxygens (including phenoxy) is 1. The third kappa shape index (κ3) is 6.77. The van der Waals surface area contributed by atoms with Crippen molar-refractivity contribution in [1.82, 2.24) is 0 Å². The van der Waals surface area contributed by atoms with Crippen molar-refractivity contribution in [3.05, 3.63) is 58.6 Å². The van der Waals surface area contributed by atoms with Gasteiger partial charge in [0, 0.05) is 0 Å². The number of hydrogen-bond donors (Lipinski definition) is 3. The molecule has 31 heavy (non-hydrogen) atoms. The number of thioether (sulfide) groups is 1. The molecule has 2 atom stereocenters. The average Bonchev–Trinajstić information content (AvgIpc) is 2.69. The lowest BCUT2D eigenvalue weighted by Crippen LogP contribution is -2.42. The number of aliphatic hydroxyl groups is 1. The molecule has 0 aliphatic rings. The summed E-state index contributed by atoms with van der Waals surface area (Å²) in [5.41, 5.74) is 2.94. The summed E-state index contributed by atoms with van der Waals surface area (Å²) >= 11 is 7.21. The van der Waals surface area contributed by atoms with Crippen LogP contribution in [0.1, 0.15) is 24.0 Å². The van der Waals surface area contributed by atoms with Gasteiger partial charge in [-0.15, -0.1) is 0 Å². The Bertz CT molecular complexity index is 895. The number of nitrogens with two attached hydrogens (primary N) is 1. The van der Waals surface area contributed by atoms with Crippen LogP contribution in [-0.4, -0.2) is 39.9 Å². The largest absolute Gasteiger partial charge is 0.480 e. The van der Waals surface area contributed by atoms with Crippen LogP contribution in [0, 0.1) is 6.92 Å². The average molecular weight is 478 g/mol. The highest BCUT2D eigenvalue weighted by Gasteiger charge is 2.54. The van der Waals surface area contributed by atoms with E-state index < -0.39 is 30.2 Å². The Kier molecular flexibility index (Phi) is 8.65. The third-order valence-electron chi connectivity index (χ3n) is 4.61. The fraction of sp³-hybridized carbons (Fsp3) is 0.381. The maximum atomic E-state index is 13.7. The Morgan fingerprint density at radius 3 is 2.39 bits per heavy atom. The molecule has 0 fully saturated rings. The van der Waals surface area contributed by atoms with Gasteiger partial charge in [0.15, 0.2) is 5.60 Å². The van der Waals surface area contributed by atoms with E-state index in [2.05, 4.69) is 0 Å². The van der Waals surface area contributed by atoms with E-state index in [1.807, 2.05) is 6.92 Å². The van der Waals surface area contributed by atoms with Crippen LogP contribution < -0.4 is 10.5 Å². The van der Waals surface area contributed by atoms with E-state index in [0.29, 0.717) is 10.8 Å². The lowest BCUT2D eigenvalue weighted by atomic mass is 9.90. The molecule has 170 valence electrons.